The molecule has 5 heteroatoms. The lowest BCUT2D eigenvalue weighted by atomic mass is 10.2. The largest absolute Gasteiger partial charge is 0.449 e. The molecule has 0 N–H and O–H groups in total. The summed E-state index contributed by atoms with van der Waals surface area (Å²) in [6, 6.07) is 0. The first-order chi connectivity index (χ1) is 6.61. The Hall–Kier alpha value is -0.410. The Morgan fingerprint density at radius 2 is 2.36 bits per heavy atom. The van der Waals surface area contributed by atoms with Crippen LogP contribution in [0.5, 0.6) is 0 Å². The van der Waals surface area contributed by atoms with Crippen LogP contribution in [0.2, 0.25) is 0 Å². The van der Waals surface area contributed by atoms with E-state index in [2.05, 4.69) is 11.3 Å². The van der Waals surface area contributed by atoms with E-state index >= 15 is 0 Å². The van der Waals surface area contributed by atoms with Crippen LogP contribution < -0.4 is 0 Å². The molecule has 1 atom stereocenters. The molecule has 0 spiro atoms. The number of carbonyl (C=O) groups is 1. The van der Waals surface area contributed by atoms with Gasteiger partial charge in [-0.3, -0.25) is 0 Å². The van der Waals surface area contributed by atoms with Gasteiger partial charge in [-0.2, -0.15) is 0 Å². The Bertz CT molecular complexity index is 188. The summed E-state index contributed by atoms with van der Waals surface area (Å²) in [6.07, 6.45) is 2.77. The van der Waals surface area contributed by atoms with Crippen molar-refractivity contribution in [2.75, 3.05) is 13.2 Å². The minimum atomic E-state index is -0.557. The molecule has 0 aromatic rings. The van der Waals surface area contributed by atoms with Crippen molar-refractivity contribution in [1.29, 1.82) is 0 Å². The summed E-state index contributed by atoms with van der Waals surface area (Å²) in [5.41, 5.74) is 0. The smallest absolute Gasteiger partial charge is 0.424 e. The lowest BCUT2D eigenvalue weighted by Gasteiger charge is -2.16. The lowest BCUT2D eigenvalue weighted by molar-refractivity contribution is 0.131. The van der Waals surface area contributed by atoms with Gasteiger partial charge in [-0.15, -0.1) is 18.2 Å². The summed E-state index contributed by atoms with van der Waals surface area (Å²) < 4.78 is 5.65. The van der Waals surface area contributed by atoms with Gasteiger partial charge >= 0.3 is 6.09 Å². The van der Waals surface area contributed by atoms with Gasteiger partial charge in [0.15, 0.2) is 0 Å². The zero-order valence-electron chi connectivity index (χ0n) is 8.21. The number of allylic oxidation sites excluding steroid dienone is 1. The number of alkyl halides is 1. The summed E-state index contributed by atoms with van der Waals surface area (Å²) in [4.78, 5) is 11.0. The molecular formula is C9H15Cl2NO2. The maximum atomic E-state index is 11.0. The van der Waals surface area contributed by atoms with Crippen LogP contribution in [-0.4, -0.2) is 29.0 Å². The molecule has 0 aliphatic carbocycles. The fourth-order valence-electron chi connectivity index (χ4n) is 0.832. The van der Waals surface area contributed by atoms with E-state index in [0.717, 1.165) is 17.3 Å². The molecule has 0 aliphatic rings. The zero-order chi connectivity index (χ0) is 11.0. The van der Waals surface area contributed by atoms with E-state index in [1.807, 2.05) is 0 Å². The van der Waals surface area contributed by atoms with Crippen molar-refractivity contribution < 1.29 is 9.53 Å². The first-order valence-electron chi connectivity index (χ1n) is 4.46. The molecule has 0 aromatic heterocycles. The SMILES string of the molecule is C=CCCC(Cl)CN(Cl)C(=O)OCC. The first kappa shape index (κ1) is 13.6. The summed E-state index contributed by atoms with van der Waals surface area (Å²) in [7, 11) is 0. The van der Waals surface area contributed by atoms with E-state index in [1.54, 1.807) is 13.0 Å². The highest BCUT2D eigenvalue weighted by molar-refractivity contribution is 6.23. The Labute approximate surface area is 94.7 Å². The van der Waals surface area contributed by atoms with Gasteiger partial charge in [-0.1, -0.05) is 6.08 Å². The fourth-order valence-corrected chi connectivity index (χ4v) is 1.38. The van der Waals surface area contributed by atoms with E-state index in [1.165, 1.54) is 0 Å². The minimum Gasteiger partial charge on any atom is -0.449 e. The van der Waals surface area contributed by atoms with Crippen LogP contribution in [0.1, 0.15) is 19.8 Å². The Balaban J connectivity index is 3.74. The highest BCUT2D eigenvalue weighted by atomic mass is 35.5. The van der Waals surface area contributed by atoms with E-state index in [4.69, 9.17) is 23.4 Å². The summed E-state index contributed by atoms with van der Waals surface area (Å²) in [5, 5.41) is -0.171. The van der Waals surface area contributed by atoms with Gasteiger partial charge in [0.2, 0.25) is 0 Å². The van der Waals surface area contributed by atoms with Crippen LogP contribution in [0.25, 0.3) is 0 Å². The molecule has 0 saturated heterocycles. The van der Waals surface area contributed by atoms with E-state index in [9.17, 15) is 4.79 Å². The second-order valence-corrected chi connectivity index (χ2v) is 3.73. The molecule has 0 bridgehead atoms. The van der Waals surface area contributed by atoms with Crippen LogP contribution in [-0.2, 0) is 4.74 Å². The number of amides is 1. The number of ether oxygens (including phenoxy) is 1. The number of halogens is 2. The third-order valence-electron chi connectivity index (χ3n) is 1.51. The molecule has 0 radical (unpaired) electrons. The standard InChI is InChI=1S/C9H15Cl2NO2/c1-3-5-6-8(10)7-12(11)9(13)14-4-2/h3,8H,1,4-7H2,2H3. The fraction of sp³-hybridized carbons (Fsp3) is 0.667. The van der Waals surface area contributed by atoms with Crippen LogP contribution in [0, 0.1) is 0 Å². The van der Waals surface area contributed by atoms with Crippen LogP contribution in [0.3, 0.4) is 0 Å². The van der Waals surface area contributed by atoms with Gasteiger partial charge in [-0.05, 0) is 19.8 Å². The molecule has 0 heterocycles. The number of hydrogen-bond acceptors (Lipinski definition) is 2. The second kappa shape index (κ2) is 7.94. The molecule has 1 amide bonds. The molecule has 3 nitrogen and oxygen atoms in total. The maximum Gasteiger partial charge on any atom is 0.424 e. The van der Waals surface area contributed by atoms with Gasteiger partial charge < -0.3 is 4.74 Å². The topological polar surface area (TPSA) is 29.5 Å². The number of rotatable bonds is 6. The number of hydrogen-bond donors (Lipinski definition) is 0. The zero-order valence-corrected chi connectivity index (χ0v) is 9.72. The van der Waals surface area contributed by atoms with Gasteiger partial charge in [-0.25, -0.2) is 9.21 Å². The van der Waals surface area contributed by atoms with E-state index < -0.39 is 6.09 Å². The average Bonchev–Trinajstić information content (AvgIpc) is 2.15. The van der Waals surface area contributed by atoms with Crippen molar-refractivity contribution in [2.24, 2.45) is 0 Å². The Kier molecular flexibility index (Phi) is 7.71. The van der Waals surface area contributed by atoms with Crippen molar-refractivity contribution in [1.82, 2.24) is 4.42 Å². The molecule has 0 aliphatic heterocycles. The molecule has 0 fully saturated rings. The maximum absolute atomic E-state index is 11.0. The number of nitrogens with zero attached hydrogens (tertiary/aromatic N) is 1. The van der Waals surface area contributed by atoms with Crippen LogP contribution in [0.4, 0.5) is 4.79 Å². The van der Waals surface area contributed by atoms with Crippen molar-refractivity contribution in [3.8, 4) is 0 Å². The predicted octanol–water partition coefficient (Wildman–Crippen LogP) is 3.17. The van der Waals surface area contributed by atoms with Gasteiger partial charge in [0, 0.05) is 11.8 Å². The Morgan fingerprint density at radius 1 is 1.71 bits per heavy atom. The first-order valence-corrected chi connectivity index (χ1v) is 5.24. The van der Waals surface area contributed by atoms with Gasteiger partial charge in [0.25, 0.3) is 0 Å². The third-order valence-corrected chi connectivity index (χ3v) is 2.14. The van der Waals surface area contributed by atoms with Crippen molar-refractivity contribution in [2.45, 2.75) is 25.1 Å². The number of carbonyl (C=O) groups excluding carboxylic acids is 1. The van der Waals surface area contributed by atoms with Crippen molar-refractivity contribution in [3.05, 3.63) is 12.7 Å². The second-order valence-electron chi connectivity index (χ2n) is 2.71. The van der Waals surface area contributed by atoms with E-state index in [-0.39, 0.29) is 11.9 Å². The Morgan fingerprint density at radius 3 is 2.86 bits per heavy atom. The summed E-state index contributed by atoms with van der Waals surface area (Å²) >= 11 is 11.5. The predicted molar refractivity (Wildman–Crippen MR) is 58.7 cm³/mol. The van der Waals surface area contributed by atoms with Gasteiger partial charge in [0.1, 0.15) is 0 Å². The third kappa shape index (κ3) is 6.11. The van der Waals surface area contributed by atoms with Crippen LogP contribution >= 0.6 is 23.4 Å². The van der Waals surface area contributed by atoms with Crippen LogP contribution in [0.15, 0.2) is 12.7 Å². The lowest BCUT2D eigenvalue weighted by Crippen LogP contribution is -2.28. The molecule has 0 rings (SSSR count). The van der Waals surface area contributed by atoms with Crippen molar-refractivity contribution in [3.63, 3.8) is 0 Å². The average molecular weight is 240 g/mol. The quantitative estimate of drug-likeness (QED) is 0.405. The molecule has 0 aromatic carbocycles. The highest BCUT2D eigenvalue weighted by Crippen LogP contribution is 2.10. The molecule has 14 heavy (non-hydrogen) atoms. The summed E-state index contributed by atoms with van der Waals surface area (Å²) in [5.74, 6) is 0. The molecule has 1 unspecified atom stereocenters. The monoisotopic (exact) mass is 239 g/mol. The highest BCUT2D eigenvalue weighted by Gasteiger charge is 2.15. The molecule has 82 valence electrons. The molecule has 0 saturated carbocycles. The molecular weight excluding hydrogens is 225 g/mol. The van der Waals surface area contributed by atoms with Gasteiger partial charge in [0.05, 0.1) is 18.5 Å². The normalized spacial score (nSPS) is 11.9. The van der Waals surface area contributed by atoms with Crippen molar-refractivity contribution >= 4 is 29.5 Å². The minimum absolute atomic E-state index is 0.171. The summed E-state index contributed by atoms with van der Waals surface area (Å²) in [6.45, 7) is 5.88. The van der Waals surface area contributed by atoms with E-state index in [0.29, 0.717) is 6.61 Å².